The molecule has 1 atom stereocenters. The van der Waals surface area contributed by atoms with Crippen LogP contribution in [0.2, 0.25) is 0 Å². The molecule has 3 aromatic rings. The number of urea groups is 1. The van der Waals surface area contributed by atoms with Crippen molar-refractivity contribution in [2.24, 2.45) is 0 Å². The summed E-state index contributed by atoms with van der Waals surface area (Å²) in [6, 6.07) is 11.3. The molecule has 23 heavy (non-hydrogen) atoms. The Kier molecular flexibility index (Phi) is 4.95. The van der Waals surface area contributed by atoms with E-state index >= 15 is 0 Å². The molecule has 1 aromatic carbocycles. The molecule has 1 unspecified atom stereocenters. The third kappa shape index (κ3) is 4.12. The summed E-state index contributed by atoms with van der Waals surface area (Å²) in [6.07, 6.45) is -0.0581. The van der Waals surface area contributed by atoms with Gasteiger partial charge in [0.2, 0.25) is 0 Å². The molecule has 0 fully saturated rings. The van der Waals surface area contributed by atoms with Gasteiger partial charge < -0.3 is 20.2 Å². The molecule has 2 heterocycles. The summed E-state index contributed by atoms with van der Waals surface area (Å²) in [5, 5.41) is 20.1. The van der Waals surface area contributed by atoms with E-state index in [1.165, 1.54) is 11.3 Å². The number of amides is 2. The number of rotatable bonds is 6. The second-order valence-electron chi connectivity index (χ2n) is 5.21. The van der Waals surface area contributed by atoms with Crippen LogP contribution in [-0.4, -0.2) is 24.2 Å². The third-order valence-electron chi connectivity index (χ3n) is 3.52. The van der Waals surface area contributed by atoms with E-state index in [9.17, 15) is 9.90 Å². The van der Waals surface area contributed by atoms with Crippen LogP contribution < -0.4 is 10.6 Å². The van der Waals surface area contributed by atoms with E-state index in [0.717, 1.165) is 22.3 Å². The van der Waals surface area contributed by atoms with Gasteiger partial charge in [0.1, 0.15) is 11.3 Å². The van der Waals surface area contributed by atoms with Gasteiger partial charge in [-0.2, -0.15) is 11.3 Å². The van der Waals surface area contributed by atoms with Crippen LogP contribution in [0, 0.1) is 0 Å². The quantitative estimate of drug-likeness (QED) is 0.650. The van der Waals surface area contributed by atoms with Gasteiger partial charge in [-0.3, -0.25) is 0 Å². The minimum Gasteiger partial charge on any atom is -0.461 e. The van der Waals surface area contributed by atoms with Gasteiger partial charge in [-0.25, -0.2) is 4.79 Å². The van der Waals surface area contributed by atoms with Crippen LogP contribution >= 0.6 is 11.3 Å². The average Bonchev–Trinajstić information content (AvgIpc) is 3.21. The van der Waals surface area contributed by atoms with E-state index < -0.39 is 6.10 Å². The first-order chi connectivity index (χ1) is 11.2. The van der Waals surface area contributed by atoms with Gasteiger partial charge in [-0.15, -0.1) is 0 Å². The number of thiophene rings is 1. The van der Waals surface area contributed by atoms with Gasteiger partial charge in [0.15, 0.2) is 0 Å². The van der Waals surface area contributed by atoms with Crippen LogP contribution in [0.1, 0.15) is 17.4 Å². The minimum atomic E-state index is -0.678. The summed E-state index contributed by atoms with van der Waals surface area (Å²) in [6.45, 7) is 0.660. The van der Waals surface area contributed by atoms with Crippen molar-refractivity contribution in [3.63, 3.8) is 0 Å². The first-order valence-electron chi connectivity index (χ1n) is 7.41. The number of para-hydroxylation sites is 1. The van der Waals surface area contributed by atoms with Gasteiger partial charge >= 0.3 is 6.03 Å². The molecule has 3 rings (SSSR count). The molecular formula is C17H18N2O3S. The summed E-state index contributed by atoms with van der Waals surface area (Å²) in [5.41, 5.74) is 1.67. The minimum absolute atomic E-state index is 0.188. The number of carbonyl (C=O) groups excluding carboxylic acids is 1. The van der Waals surface area contributed by atoms with E-state index in [-0.39, 0.29) is 12.6 Å². The molecule has 2 amide bonds. The number of fused-ring (bicyclic) bond motifs is 1. The molecule has 0 bridgehead atoms. The highest BCUT2D eigenvalue weighted by Crippen LogP contribution is 2.18. The van der Waals surface area contributed by atoms with E-state index in [1.54, 1.807) is 0 Å². The van der Waals surface area contributed by atoms with E-state index in [0.29, 0.717) is 13.0 Å². The molecule has 5 nitrogen and oxygen atoms in total. The summed E-state index contributed by atoms with van der Waals surface area (Å²) in [4.78, 5) is 11.7. The van der Waals surface area contributed by atoms with E-state index in [1.807, 2.05) is 47.2 Å². The Labute approximate surface area is 137 Å². The maximum atomic E-state index is 11.7. The van der Waals surface area contributed by atoms with Crippen LogP contribution in [0.4, 0.5) is 4.79 Å². The van der Waals surface area contributed by atoms with Crippen molar-refractivity contribution in [2.45, 2.75) is 12.5 Å². The number of aliphatic hydroxyl groups excluding tert-OH is 1. The third-order valence-corrected chi connectivity index (χ3v) is 4.22. The van der Waals surface area contributed by atoms with Crippen LogP contribution in [0.15, 0.2) is 51.6 Å². The van der Waals surface area contributed by atoms with Crippen LogP contribution in [0.5, 0.6) is 0 Å². The Bertz CT molecular complexity index is 734. The molecule has 0 saturated heterocycles. The second-order valence-corrected chi connectivity index (χ2v) is 5.99. The van der Waals surface area contributed by atoms with Crippen molar-refractivity contribution >= 4 is 28.3 Å². The summed E-state index contributed by atoms with van der Waals surface area (Å²) < 4.78 is 5.69. The van der Waals surface area contributed by atoms with Crippen molar-refractivity contribution in [1.29, 1.82) is 0 Å². The smallest absolute Gasteiger partial charge is 0.314 e. The molecule has 2 aromatic heterocycles. The zero-order chi connectivity index (χ0) is 16.1. The lowest BCUT2D eigenvalue weighted by Gasteiger charge is -2.11. The van der Waals surface area contributed by atoms with Gasteiger partial charge in [0.05, 0.1) is 6.10 Å². The van der Waals surface area contributed by atoms with Gasteiger partial charge in [-0.05, 0) is 34.5 Å². The maximum Gasteiger partial charge on any atom is 0.314 e. The molecule has 0 aliphatic rings. The first kappa shape index (κ1) is 15.6. The summed E-state index contributed by atoms with van der Waals surface area (Å²) >= 11 is 1.52. The second kappa shape index (κ2) is 7.30. The monoisotopic (exact) mass is 330 g/mol. The van der Waals surface area contributed by atoms with Crippen molar-refractivity contribution in [3.8, 4) is 0 Å². The fraction of sp³-hybridized carbons (Fsp3) is 0.235. The molecule has 120 valence electrons. The highest BCUT2D eigenvalue weighted by Gasteiger charge is 2.09. The largest absolute Gasteiger partial charge is 0.461 e. The average molecular weight is 330 g/mol. The molecule has 0 saturated carbocycles. The predicted octanol–water partition coefficient (Wildman–Crippen LogP) is 3.07. The molecule has 0 aliphatic carbocycles. The lowest BCUT2D eigenvalue weighted by atomic mass is 10.2. The van der Waals surface area contributed by atoms with Gasteiger partial charge in [-0.1, -0.05) is 18.2 Å². The predicted molar refractivity (Wildman–Crippen MR) is 90.6 cm³/mol. The summed E-state index contributed by atoms with van der Waals surface area (Å²) in [7, 11) is 0. The number of benzene rings is 1. The van der Waals surface area contributed by atoms with Gasteiger partial charge in [0, 0.05) is 24.9 Å². The maximum absolute atomic E-state index is 11.7. The molecule has 6 heteroatoms. The van der Waals surface area contributed by atoms with Crippen molar-refractivity contribution in [2.75, 3.05) is 13.1 Å². The standard InChI is InChI=1S/C17H18N2O3S/c20-15(13-6-8-23-11-13)10-19-17(21)18-7-5-14-9-12-3-1-2-4-16(12)22-14/h1-4,6,8-9,11,15,20H,5,7,10H2,(H2,18,19,21). The highest BCUT2D eigenvalue weighted by molar-refractivity contribution is 7.07. The zero-order valence-corrected chi connectivity index (χ0v) is 13.3. The van der Waals surface area contributed by atoms with Crippen LogP contribution in [0.3, 0.4) is 0 Å². The normalized spacial score (nSPS) is 12.2. The fourth-order valence-corrected chi connectivity index (χ4v) is 3.00. The molecule has 3 N–H and O–H groups in total. The van der Waals surface area contributed by atoms with Gasteiger partial charge in [0.25, 0.3) is 0 Å². The fourth-order valence-electron chi connectivity index (χ4n) is 2.29. The zero-order valence-electron chi connectivity index (χ0n) is 12.5. The number of nitrogens with one attached hydrogen (secondary N) is 2. The van der Waals surface area contributed by atoms with E-state index in [2.05, 4.69) is 10.6 Å². The first-order valence-corrected chi connectivity index (χ1v) is 8.36. The topological polar surface area (TPSA) is 74.5 Å². The Morgan fingerprint density at radius 3 is 2.91 bits per heavy atom. The van der Waals surface area contributed by atoms with Crippen LogP contribution in [0.25, 0.3) is 11.0 Å². The highest BCUT2D eigenvalue weighted by atomic mass is 32.1. The van der Waals surface area contributed by atoms with Crippen LogP contribution in [-0.2, 0) is 6.42 Å². The molecule has 0 radical (unpaired) electrons. The Hall–Kier alpha value is -2.31. The lowest BCUT2D eigenvalue weighted by molar-refractivity contribution is 0.173. The number of hydrogen-bond donors (Lipinski definition) is 3. The lowest BCUT2D eigenvalue weighted by Crippen LogP contribution is -2.38. The molecule has 0 aliphatic heterocycles. The Balaban J connectivity index is 1.40. The number of hydrogen-bond acceptors (Lipinski definition) is 4. The Morgan fingerprint density at radius 1 is 1.26 bits per heavy atom. The number of furan rings is 1. The Morgan fingerprint density at radius 2 is 2.13 bits per heavy atom. The number of carbonyl (C=O) groups is 1. The summed E-state index contributed by atoms with van der Waals surface area (Å²) in [5.74, 6) is 0.838. The SMILES string of the molecule is O=C(NCCc1cc2ccccc2o1)NCC(O)c1ccsc1. The van der Waals surface area contributed by atoms with Crippen molar-refractivity contribution < 1.29 is 14.3 Å². The van der Waals surface area contributed by atoms with E-state index in [4.69, 9.17) is 4.42 Å². The van der Waals surface area contributed by atoms with Crippen molar-refractivity contribution in [3.05, 3.63) is 58.5 Å². The molecule has 0 spiro atoms. The molecular weight excluding hydrogens is 312 g/mol. The number of aliphatic hydroxyl groups is 1. The van der Waals surface area contributed by atoms with Crippen molar-refractivity contribution in [1.82, 2.24) is 10.6 Å².